The smallest absolute Gasteiger partial charge is 0.191 e. The third-order valence-corrected chi connectivity index (χ3v) is 4.76. The van der Waals surface area contributed by atoms with Gasteiger partial charge < -0.3 is 15.5 Å². The van der Waals surface area contributed by atoms with E-state index >= 15 is 0 Å². The Hall–Kier alpha value is -0.770. The maximum Gasteiger partial charge on any atom is 0.191 e. The lowest BCUT2D eigenvalue weighted by Crippen LogP contribution is -2.48. The molecule has 0 radical (unpaired) electrons. The molecule has 1 saturated heterocycles. The van der Waals surface area contributed by atoms with Gasteiger partial charge in [-0.3, -0.25) is 4.99 Å². The molecule has 4 heteroatoms. The Labute approximate surface area is 118 Å². The lowest BCUT2D eigenvalue weighted by Gasteiger charge is -2.29. The van der Waals surface area contributed by atoms with Crippen LogP contribution in [0.3, 0.4) is 0 Å². The van der Waals surface area contributed by atoms with E-state index in [0.717, 1.165) is 18.4 Å². The summed E-state index contributed by atoms with van der Waals surface area (Å²) in [5.41, 5.74) is 0. The zero-order valence-corrected chi connectivity index (χ0v) is 12.8. The molecule has 0 aromatic heterocycles. The molecule has 1 aliphatic carbocycles. The maximum absolute atomic E-state index is 4.36. The van der Waals surface area contributed by atoms with Gasteiger partial charge in [0.1, 0.15) is 0 Å². The van der Waals surface area contributed by atoms with E-state index in [-0.39, 0.29) is 0 Å². The van der Waals surface area contributed by atoms with Gasteiger partial charge in [0.2, 0.25) is 0 Å². The highest BCUT2D eigenvalue weighted by atomic mass is 15.2. The van der Waals surface area contributed by atoms with Crippen molar-refractivity contribution in [2.24, 2.45) is 10.9 Å². The van der Waals surface area contributed by atoms with E-state index in [4.69, 9.17) is 0 Å². The highest BCUT2D eigenvalue weighted by Crippen LogP contribution is 2.23. The van der Waals surface area contributed by atoms with Gasteiger partial charge in [-0.05, 0) is 58.0 Å². The van der Waals surface area contributed by atoms with E-state index in [9.17, 15) is 0 Å². The summed E-state index contributed by atoms with van der Waals surface area (Å²) in [6.45, 7) is 4.61. The molecule has 2 rings (SSSR count). The number of aliphatic imine (C=N–C) groups is 1. The van der Waals surface area contributed by atoms with Gasteiger partial charge in [-0.25, -0.2) is 0 Å². The van der Waals surface area contributed by atoms with Crippen LogP contribution in [-0.2, 0) is 0 Å². The van der Waals surface area contributed by atoms with Crippen LogP contribution in [0.1, 0.15) is 45.4 Å². The number of likely N-dealkylation sites (tertiary alicyclic amines) is 1. The fourth-order valence-electron chi connectivity index (χ4n) is 3.24. The van der Waals surface area contributed by atoms with Gasteiger partial charge in [-0.2, -0.15) is 0 Å². The topological polar surface area (TPSA) is 39.7 Å². The Morgan fingerprint density at radius 1 is 1.21 bits per heavy atom. The molecule has 4 nitrogen and oxygen atoms in total. The summed E-state index contributed by atoms with van der Waals surface area (Å²) < 4.78 is 0. The van der Waals surface area contributed by atoms with Gasteiger partial charge in [-0.15, -0.1) is 0 Å². The minimum Gasteiger partial charge on any atom is -0.355 e. The summed E-state index contributed by atoms with van der Waals surface area (Å²) in [4.78, 5) is 6.81. The van der Waals surface area contributed by atoms with Crippen molar-refractivity contribution < 1.29 is 0 Å². The number of rotatable bonds is 3. The number of hydrogen-bond acceptors (Lipinski definition) is 2. The monoisotopic (exact) mass is 266 g/mol. The van der Waals surface area contributed by atoms with E-state index in [1.165, 1.54) is 45.1 Å². The van der Waals surface area contributed by atoms with Crippen molar-refractivity contribution in [3.05, 3.63) is 0 Å². The lowest BCUT2D eigenvalue weighted by atomic mass is 9.87. The van der Waals surface area contributed by atoms with Crippen molar-refractivity contribution in [2.75, 3.05) is 27.2 Å². The molecular weight excluding hydrogens is 236 g/mol. The van der Waals surface area contributed by atoms with Crippen molar-refractivity contribution in [1.29, 1.82) is 0 Å². The van der Waals surface area contributed by atoms with Gasteiger partial charge in [0.05, 0.1) is 0 Å². The molecule has 0 bridgehead atoms. The molecule has 0 aromatic rings. The normalized spacial score (nSPS) is 33.4. The SMILES string of the molecule is CN=C(NCC1CCCN1C)NC1CCC(C)CC1. The van der Waals surface area contributed by atoms with Crippen LogP contribution in [0.4, 0.5) is 0 Å². The third kappa shape index (κ3) is 4.37. The number of hydrogen-bond donors (Lipinski definition) is 2. The van der Waals surface area contributed by atoms with Crippen LogP contribution in [0.15, 0.2) is 4.99 Å². The molecule has 19 heavy (non-hydrogen) atoms. The lowest BCUT2D eigenvalue weighted by molar-refractivity contribution is 0.306. The Kier molecular flexibility index (Phi) is 5.49. The van der Waals surface area contributed by atoms with Crippen LogP contribution in [-0.4, -0.2) is 50.1 Å². The predicted octanol–water partition coefficient (Wildman–Crippen LogP) is 1.82. The summed E-state index contributed by atoms with van der Waals surface area (Å²) in [6, 6.07) is 1.29. The van der Waals surface area contributed by atoms with Crippen LogP contribution in [0.2, 0.25) is 0 Å². The van der Waals surface area contributed by atoms with Crippen molar-refractivity contribution in [1.82, 2.24) is 15.5 Å². The second-order valence-corrected chi connectivity index (χ2v) is 6.33. The maximum atomic E-state index is 4.36. The first kappa shape index (κ1) is 14.6. The molecule has 110 valence electrons. The second kappa shape index (κ2) is 7.13. The summed E-state index contributed by atoms with van der Waals surface area (Å²) >= 11 is 0. The van der Waals surface area contributed by atoms with E-state index in [0.29, 0.717) is 12.1 Å². The van der Waals surface area contributed by atoms with E-state index < -0.39 is 0 Å². The average molecular weight is 266 g/mol. The fraction of sp³-hybridized carbons (Fsp3) is 0.933. The van der Waals surface area contributed by atoms with Crippen LogP contribution < -0.4 is 10.6 Å². The highest BCUT2D eigenvalue weighted by molar-refractivity contribution is 5.80. The van der Waals surface area contributed by atoms with Gasteiger partial charge >= 0.3 is 0 Å². The van der Waals surface area contributed by atoms with Crippen molar-refractivity contribution in [3.8, 4) is 0 Å². The van der Waals surface area contributed by atoms with E-state index in [1.807, 2.05) is 7.05 Å². The molecule has 1 saturated carbocycles. The van der Waals surface area contributed by atoms with E-state index in [2.05, 4.69) is 34.5 Å². The van der Waals surface area contributed by atoms with E-state index in [1.54, 1.807) is 0 Å². The zero-order valence-electron chi connectivity index (χ0n) is 12.8. The molecule has 0 amide bonds. The molecule has 1 unspecified atom stereocenters. The van der Waals surface area contributed by atoms with Crippen LogP contribution in [0.5, 0.6) is 0 Å². The minimum absolute atomic E-state index is 0.615. The molecule has 1 heterocycles. The molecule has 2 fully saturated rings. The van der Waals surface area contributed by atoms with Crippen LogP contribution in [0.25, 0.3) is 0 Å². The molecule has 2 N–H and O–H groups in total. The summed E-state index contributed by atoms with van der Waals surface area (Å²) in [7, 11) is 4.09. The Bertz CT molecular complexity index is 295. The summed E-state index contributed by atoms with van der Waals surface area (Å²) in [6.07, 6.45) is 7.90. The van der Waals surface area contributed by atoms with Gasteiger partial charge in [0.25, 0.3) is 0 Å². The van der Waals surface area contributed by atoms with Gasteiger partial charge in [-0.1, -0.05) is 6.92 Å². The fourth-order valence-corrected chi connectivity index (χ4v) is 3.24. The molecule has 2 aliphatic rings. The minimum atomic E-state index is 0.615. The number of nitrogens with zero attached hydrogens (tertiary/aromatic N) is 2. The molecule has 1 atom stereocenters. The number of likely N-dealkylation sites (N-methyl/N-ethyl adjacent to an activating group) is 1. The number of nitrogens with one attached hydrogen (secondary N) is 2. The highest BCUT2D eigenvalue weighted by Gasteiger charge is 2.22. The average Bonchev–Trinajstić information content (AvgIpc) is 2.82. The first-order valence-electron chi connectivity index (χ1n) is 7.86. The van der Waals surface area contributed by atoms with Gasteiger partial charge in [0.15, 0.2) is 5.96 Å². The molecule has 0 spiro atoms. The van der Waals surface area contributed by atoms with Crippen molar-refractivity contribution in [2.45, 2.75) is 57.5 Å². The van der Waals surface area contributed by atoms with Crippen LogP contribution >= 0.6 is 0 Å². The quantitative estimate of drug-likeness (QED) is 0.605. The van der Waals surface area contributed by atoms with Crippen molar-refractivity contribution >= 4 is 5.96 Å². The Morgan fingerprint density at radius 2 is 1.95 bits per heavy atom. The summed E-state index contributed by atoms with van der Waals surface area (Å²) in [5, 5.41) is 7.08. The number of guanidine groups is 1. The second-order valence-electron chi connectivity index (χ2n) is 6.33. The third-order valence-electron chi connectivity index (χ3n) is 4.76. The predicted molar refractivity (Wildman–Crippen MR) is 81.6 cm³/mol. The Morgan fingerprint density at radius 3 is 2.53 bits per heavy atom. The van der Waals surface area contributed by atoms with Crippen molar-refractivity contribution in [3.63, 3.8) is 0 Å². The zero-order chi connectivity index (χ0) is 13.7. The van der Waals surface area contributed by atoms with Gasteiger partial charge in [0, 0.05) is 25.7 Å². The molecule has 1 aliphatic heterocycles. The molecular formula is C15H30N4. The Balaban J connectivity index is 1.71. The molecule has 0 aromatic carbocycles. The summed E-state index contributed by atoms with van der Waals surface area (Å²) in [5.74, 6) is 1.89. The first-order chi connectivity index (χ1) is 9.19. The standard InChI is InChI=1S/C15H30N4/c1-12-6-8-13(9-7-12)18-15(16-2)17-11-14-5-4-10-19(14)3/h12-14H,4-11H2,1-3H3,(H2,16,17,18). The largest absolute Gasteiger partial charge is 0.355 e. The van der Waals surface area contributed by atoms with Crippen LogP contribution in [0, 0.1) is 5.92 Å². The first-order valence-corrected chi connectivity index (χ1v) is 7.86.